The molecule has 1 heterocycles. The summed E-state index contributed by atoms with van der Waals surface area (Å²) < 4.78 is 50.8. The second kappa shape index (κ2) is 10.7. The number of rotatable bonds is 10. The maximum absolute atomic E-state index is 13.5. The Kier molecular flexibility index (Phi) is 7.98. The molecule has 2 aromatic rings. The summed E-state index contributed by atoms with van der Waals surface area (Å²) in [4.78, 5) is 27.3. The number of nitrogens with zero attached hydrogens (tertiary/aromatic N) is 2. The average molecular weight is 494 g/mol. The maximum Gasteiger partial charge on any atom is 0.244 e. The highest BCUT2D eigenvalue weighted by molar-refractivity contribution is 7.92. The van der Waals surface area contributed by atoms with Crippen LogP contribution in [0.5, 0.6) is 11.5 Å². The summed E-state index contributed by atoms with van der Waals surface area (Å²) in [5.41, 5.74) is 0.839. The molecule has 0 unspecified atom stereocenters. The molecule has 0 saturated carbocycles. The van der Waals surface area contributed by atoms with E-state index in [0.717, 1.165) is 4.31 Å². The Morgan fingerprint density at radius 1 is 1.09 bits per heavy atom. The Morgan fingerprint density at radius 3 is 2.41 bits per heavy atom. The lowest BCUT2D eigenvalue weighted by Gasteiger charge is -2.31. The largest absolute Gasteiger partial charge is 0.454 e. The molecule has 1 N–H and O–H groups in total. The van der Waals surface area contributed by atoms with Gasteiger partial charge in [-0.05, 0) is 50.6 Å². The van der Waals surface area contributed by atoms with Gasteiger partial charge in [-0.25, -0.2) is 12.8 Å². The number of fused-ring (bicyclic) bond motifs is 1. The van der Waals surface area contributed by atoms with Crippen LogP contribution in [-0.4, -0.2) is 56.8 Å². The van der Waals surface area contributed by atoms with E-state index in [1.807, 2.05) is 0 Å². The van der Waals surface area contributed by atoms with Crippen molar-refractivity contribution < 1.29 is 31.9 Å². The van der Waals surface area contributed by atoms with Crippen LogP contribution in [0, 0.1) is 5.82 Å². The smallest absolute Gasteiger partial charge is 0.244 e. The normalized spacial score (nSPS) is 13.3. The molecule has 0 aromatic heterocycles. The summed E-state index contributed by atoms with van der Waals surface area (Å²) in [5.74, 6) is -0.782. The highest BCUT2D eigenvalue weighted by atomic mass is 32.2. The fourth-order valence-corrected chi connectivity index (χ4v) is 4.50. The number of likely N-dealkylation sites (N-methyl/N-ethyl adjacent to an activating group) is 1. The van der Waals surface area contributed by atoms with E-state index in [-0.39, 0.29) is 30.7 Å². The monoisotopic (exact) mass is 493 g/mol. The first-order valence-electron chi connectivity index (χ1n) is 10.9. The van der Waals surface area contributed by atoms with E-state index < -0.39 is 34.3 Å². The quantitative estimate of drug-likeness (QED) is 0.544. The predicted molar refractivity (Wildman–Crippen MR) is 124 cm³/mol. The maximum atomic E-state index is 13.5. The van der Waals surface area contributed by atoms with E-state index in [2.05, 4.69) is 5.32 Å². The van der Waals surface area contributed by atoms with Crippen LogP contribution in [0.1, 0.15) is 26.3 Å². The molecule has 0 spiro atoms. The Balaban J connectivity index is 1.93. The van der Waals surface area contributed by atoms with Gasteiger partial charge in [0, 0.05) is 19.2 Å². The number of ether oxygens (including phenoxy) is 2. The zero-order chi connectivity index (χ0) is 24.9. The van der Waals surface area contributed by atoms with E-state index in [4.69, 9.17) is 9.47 Å². The Labute approximate surface area is 198 Å². The van der Waals surface area contributed by atoms with Gasteiger partial charge in [0.05, 0.1) is 11.4 Å². The molecule has 11 heteroatoms. The van der Waals surface area contributed by atoms with Gasteiger partial charge in [-0.3, -0.25) is 13.9 Å². The van der Waals surface area contributed by atoms with Crippen LogP contribution in [0.3, 0.4) is 0 Å². The van der Waals surface area contributed by atoms with Crippen molar-refractivity contribution in [2.45, 2.75) is 33.4 Å². The first-order valence-corrected chi connectivity index (χ1v) is 12.5. The molecule has 3 rings (SSSR count). The molecule has 34 heavy (non-hydrogen) atoms. The lowest BCUT2D eigenvalue weighted by molar-refractivity contribution is -0.139. The number of halogens is 1. The number of hydrogen-bond acceptors (Lipinski definition) is 6. The number of sulfonamides is 1. The van der Waals surface area contributed by atoms with Gasteiger partial charge < -0.3 is 19.7 Å². The molecule has 0 fully saturated rings. The van der Waals surface area contributed by atoms with E-state index >= 15 is 0 Å². The predicted octanol–water partition coefficient (Wildman–Crippen LogP) is 2.26. The molecule has 1 aliphatic heterocycles. The first kappa shape index (κ1) is 25.3. The Morgan fingerprint density at radius 2 is 1.76 bits per heavy atom. The molecule has 184 valence electrons. The summed E-state index contributed by atoms with van der Waals surface area (Å²) in [6.45, 7) is 4.66. The van der Waals surface area contributed by atoms with Crippen molar-refractivity contribution in [2.75, 3.05) is 29.9 Å². The topological polar surface area (TPSA) is 105 Å². The standard InChI is InChI=1S/C23H28FN3O6S/c1-4-25-23(29)16(3)26(13-17-6-8-18(24)9-7-17)22(28)14-27(34(30,31)5-2)19-10-11-20-21(12-19)33-15-32-20/h6-12,16H,4-5,13-15H2,1-3H3,(H,25,29)/t16-/m1/s1. The van der Waals surface area contributed by atoms with Crippen LogP contribution in [0.25, 0.3) is 0 Å². The Bertz CT molecular complexity index is 1140. The van der Waals surface area contributed by atoms with Crippen molar-refractivity contribution in [3.05, 3.63) is 53.8 Å². The lowest BCUT2D eigenvalue weighted by Crippen LogP contribution is -2.51. The van der Waals surface area contributed by atoms with Gasteiger partial charge in [-0.15, -0.1) is 0 Å². The van der Waals surface area contributed by atoms with E-state index in [0.29, 0.717) is 23.6 Å². The highest BCUT2D eigenvalue weighted by Gasteiger charge is 2.31. The zero-order valence-corrected chi connectivity index (χ0v) is 20.1. The van der Waals surface area contributed by atoms with Crippen molar-refractivity contribution in [3.63, 3.8) is 0 Å². The zero-order valence-electron chi connectivity index (χ0n) is 19.3. The van der Waals surface area contributed by atoms with Crippen molar-refractivity contribution in [2.24, 2.45) is 0 Å². The van der Waals surface area contributed by atoms with Crippen LogP contribution in [0.15, 0.2) is 42.5 Å². The summed E-state index contributed by atoms with van der Waals surface area (Å²) in [5, 5.41) is 2.68. The van der Waals surface area contributed by atoms with Crippen molar-refractivity contribution in [3.8, 4) is 11.5 Å². The van der Waals surface area contributed by atoms with Crippen LogP contribution in [-0.2, 0) is 26.2 Å². The summed E-state index contributed by atoms with van der Waals surface area (Å²) in [7, 11) is -3.85. The van der Waals surface area contributed by atoms with Crippen LogP contribution >= 0.6 is 0 Å². The van der Waals surface area contributed by atoms with Gasteiger partial charge in [-0.2, -0.15) is 0 Å². The molecule has 0 radical (unpaired) electrons. The van der Waals surface area contributed by atoms with Crippen molar-refractivity contribution in [1.29, 1.82) is 0 Å². The lowest BCUT2D eigenvalue weighted by atomic mass is 10.1. The van der Waals surface area contributed by atoms with Gasteiger partial charge in [0.15, 0.2) is 11.5 Å². The minimum Gasteiger partial charge on any atom is -0.454 e. The van der Waals surface area contributed by atoms with Gasteiger partial charge in [0.1, 0.15) is 18.4 Å². The summed E-state index contributed by atoms with van der Waals surface area (Å²) >= 11 is 0. The number of carbonyl (C=O) groups is 2. The molecular weight excluding hydrogens is 465 g/mol. The fourth-order valence-electron chi connectivity index (χ4n) is 3.45. The van der Waals surface area contributed by atoms with E-state index in [9.17, 15) is 22.4 Å². The second-order valence-electron chi connectivity index (χ2n) is 7.66. The highest BCUT2D eigenvalue weighted by Crippen LogP contribution is 2.36. The number of nitrogens with one attached hydrogen (secondary N) is 1. The molecule has 0 bridgehead atoms. The molecule has 2 amide bonds. The molecule has 2 aromatic carbocycles. The number of benzene rings is 2. The third kappa shape index (κ3) is 5.77. The van der Waals surface area contributed by atoms with Crippen LogP contribution in [0.4, 0.5) is 10.1 Å². The van der Waals surface area contributed by atoms with Crippen molar-refractivity contribution >= 4 is 27.5 Å². The van der Waals surface area contributed by atoms with Gasteiger partial charge in [0.25, 0.3) is 0 Å². The molecule has 1 aliphatic rings. The van der Waals surface area contributed by atoms with Gasteiger partial charge in [-0.1, -0.05) is 12.1 Å². The van der Waals surface area contributed by atoms with Gasteiger partial charge in [0.2, 0.25) is 28.6 Å². The van der Waals surface area contributed by atoms with Crippen molar-refractivity contribution in [1.82, 2.24) is 10.2 Å². The SMILES string of the molecule is CCNC(=O)[C@@H](C)N(Cc1ccc(F)cc1)C(=O)CN(c1ccc2c(c1)OCO2)S(=O)(=O)CC. The molecule has 0 saturated heterocycles. The van der Waals surface area contributed by atoms with Crippen LogP contribution < -0.4 is 19.1 Å². The number of hydrogen-bond donors (Lipinski definition) is 1. The van der Waals surface area contributed by atoms with Gasteiger partial charge >= 0.3 is 0 Å². The second-order valence-corrected chi connectivity index (χ2v) is 9.85. The molecule has 0 aliphatic carbocycles. The summed E-state index contributed by atoms with van der Waals surface area (Å²) in [6.07, 6.45) is 0. The van der Waals surface area contributed by atoms with Crippen LogP contribution in [0.2, 0.25) is 0 Å². The minimum atomic E-state index is -3.85. The third-order valence-corrected chi connectivity index (χ3v) is 7.15. The number of carbonyl (C=O) groups excluding carboxylic acids is 2. The first-order chi connectivity index (χ1) is 16.2. The molecule has 9 nitrogen and oxygen atoms in total. The third-order valence-electron chi connectivity index (χ3n) is 5.41. The average Bonchev–Trinajstić information content (AvgIpc) is 3.29. The molecular formula is C23H28FN3O6S. The molecule has 1 atom stereocenters. The van der Waals surface area contributed by atoms with E-state index in [1.165, 1.54) is 48.2 Å². The number of amides is 2. The Hall–Kier alpha value is -3.34. The fraction of sp³-hybridized carbons (Fsp3) is 0.391. The number of anilines is 1. The minimum absolute atomic E-state index is 0.00142. The summed E-state index contributed by atoms with van der Waals surface area (Å²) in [6, 6.07) is 9.27. The van der Waals surface area contributed by atoms with E-state index in [1.54, 1.807) is 19.9 Å².